The Kier molecular flexibility index (Phi) is 4.51. The average Bonchev–Trinajstić information content (AvgIpc) is 3.12. The number of ether oxygens (including phenoxy) is 2. The fourth-order valence-electron chi connectivity index (χ4n) is 2.21. The van der Waals surface area contributed by atoms with Gasteiger partial charge in [0.05, 0.1) is 17.9 Å². The van der Waals surface area contributed by atoms with Crippen molar-refractivity contribution in [2.75, 3.05) is 6.61 Å². The third-order valence-corrected chi connectivity index (χ3v) is 3.37. The van der Waals surface area contributed by atoms with Gasteiger partial charge in [0.1, 0.15) is 17.8 Å². The molecule has 0 unspecified atom stereocenters. The van der Waals surface area contributed by atoms with Crippen molar-refractivity contribution in [2.24, 2.45) is 0 Å². The molecule has 0 saturated carbocycles. The SMILES string of the molecule is CCOc1ccc(C(=O)Oc2ccc(-n3cnnn3)cc2)cc1C. The number of hydrogen-bond donors (Lipinski definition) is 0. The van der Waals surface area contributed by atoms with Gasteiger partial charge in [0.2, 0.25) is 0 Å². The van der Waals surface area contributed by atoms with Crippen molar-refractivity contribution >= 4 is 5.97 Å². The molecular formula is C17H16N4O3. The zero-order valence-electron chi connectivity index (χ0n) is 13.3. The number of esters is 1. The predicted molar refractivity (Wildman–Crippen MR) is 86.5 cm³/mol. The number of benzene rings is 2. The summed E-state index contributed by atoms with van der Waals surface area (Å²) in [5.74, 6) is 0.791. The van der Waals surface area contributed by atoms with Crippen LogP contribution in [0.3, 0.4) is 0 Å². The first-order chi connectivity index (χ1) is 11.7. The molecule has 3 rings (SSSR count). The number of nitrogens with zero attached hydrogens (tertiary/aromatic N) is 4. The van der Waals surface area contributed by atoms with Crippen molar-refractivity contribution in [2.45, 2.75) is 13.8 Å². The van der Waals surface area contributed by atoms with Gasteiger partial charge in [-0.1, -0.05) is 0 Å². The summed E-state index contributed by atoms with van der Waals surface area (Å²) < 4.78 is 12.4. The maximum Gasteiger partial charge on any atom is 0.343 e. The predicted octanol–water partition coefficient (Wildman–Crippen LogP) is 2.59. The van der Waals surface area contributed by atoms with E-state index in [4.69, 9.17) is 9.47 Å². The molecule has 0 amide bonds. The van der Waals surface area contributed by atoms with Crippen LogP contribution < -0.4 is 9.47 Å². The van der Waals surface area contributed by atoms with Crippen LogP contribution in [0.25, 0.3) is 5.69 Å². The zero-order valence-corrected chi connectivity index (χ0v) is 13.3. The second kappa shape index (κ2) is 6.91. The highest BCUT2D eigenvalue weighted by Crippen LogP contribution is 2.21. The number of carbonyl (C=O) groups is 1. The fourth-order valence-corrected chi connectivity index (χ4v) is 2.21. The van der Waals surface area contributed by atoms with Crippen LogP contribution in [0, 0.1) is 6.92 Å². The highest BCUT2D eigenvalue weighted by Gasteiger charge is 2.11. The lowest BCUT2D eigenvalue weighted by Crippen LogP contribution is -2.09. The van der Waals surface area contributed by atoms with E-state index < -0.39 is 5.97 Å². The Hall–Kier alpha value is -3.22. The molecule has 0 aliphatic rings. The molecule has 0 atom stereocenters. The van der Waals surface area contributed by atoms with Crippen LogP contribution in [0.2, 0.25) is 0 Å². The Bertz CT molecular complexity index is 830. The highest BCUT2D eigenvalue weighted by molar-refractivity contribution is 5.91. The number of hydrogen-bond acceptors (Lipinski definition) is 6. The maximum atomic E-state index is 12.2. The molecule has 0 saturated heterocycles. The molecule has 1 aromatic heterocycles. The van der Waals surface area contributed by atoms with Gasteiger partial charge in [0.15, 0.2) is 0 Å². The van der Waals surface area contributed by atoms with E-state index in [1.807, 2.05) is 13.8 Å². The molecule has 2 aromatic carbocycles. The third-order valence-electron chi connectivity index (χ3n) is 3.37. The van der Waals surface area contributed by atoms with Crippen LogP contribution in [0.4, 0.5) is 0 Å². The summed E-state index contributed by atoms with van der Waals surface area (Å²) in [5.41, 5.74) is 2.14. The summed E-state index contributed by atoms with van der Waals surface area (Å²) in [6.45, 7) is 4.39. The third kappa shape index (κ3) is 3.40. The van der Waals surface area contributed by atoms with Gasteiger partial charge < -0.3 is 9.47 Å². The summed E-state index contributed by atoms with van der Waals surface area (Å²) >= 11 is 0. The standard InChI is InChI=1S/C17H16N4O3/c1-3-23-16-9-4-13(10-12(16)2)17(22)24-15-7-5-14(6-8-15)21-11-18-19-20-21/h4-11H,3H2,1-2H3. The van der Waals surface area contributed by atoms with E-state index >= 15 is 0 Å². The van der Waals surface area contributed by atoms with Crippen LogP contribution in [0.5, 0.6) is 11.5 Å². The normalized spacial score (nSPS) is 10.4. The minimum absolute atomic E-state index is 0.420. The van der Waals surface area contributed by atoms with Crippen LogP contribution >= 0.6 is 0 Å². The van der Waals surface area contributed by atoms with Crippen LogP contribution in [0.15, 0.2) is 48.8 Å². The minimum atomic E-state index is -0.420. The molecule has 0 fully saturated rings. The topological polar surface area (TPSA) is 79.1 Å². The van der Waals surface area contributed by atoms with Gasteiger partial charge in [-0.05, 0) is 72.3 Å². The van der Waals surface area contributed by atoms with Gasteiger partial charge in [0, 0.05) is 0 Å². The Balaban J connectivity index is 1.71. The first-order valence-corrected chi connectivity index (χ1v) is 7.46. The first-order valence-electron chi connectivity index (χ1n) is 7.46. The molecule has 0 aliphatic heterocycles. The molecule has 24 heavy (non-hydrogen) atoms. The van der Waals surface area contributed by atoms with Crippen molar-refractivity contribution in [1.29, 1.82) is 0 Å². The lowest BCUT2D eigenvalue weighted by molar-refractivity contribution is 0.0734. The van der Waals surface area contributed by atoms with E-state index in [9.17, 15) is 4.79 Å². The van der Waals surface area contributed by atoms with Gasteiger partial charge in [-0.15, -0.1) is 5.10 Å². The Morgan fingerprint density at radius 3 is 2.58 bits per heavy atom. The van der Waals surface area contributed by atoms with E-state index in [2.05, 4.69) is 15.5 Å². The molecule has 0 spiro atoms. The smallest absolute Gasteiger partial charge is 0.343 e. The first kappa shape index (κ1) is 15.7. The van der Waals surface area contributed by atoms with E-state index in [0.717, 1.165) is 17.0 Å². The second-order valence-electron chi connectivity index (χ2n) is 5.05. The molecule has 1 heterocycles. The summed E-state index contributed by atoms with van der Waals surface area (Å²) in [5, 5.41) is 10.9. The summed E-state index contributed by atoms with van der Waals surface area (Å²) in [7, 11) is 0. The van der Waals surface area contributed by atoms with Crippen molar-refractivity contribution < 1.29 is 14.3 Å². The molecule has 0 bridgehead atoms. The van der Waals surface area contributed by atoms with Gasteiger partial charge in [-0.2, -0.15) is 0 Å². The molecule has 0 N–H and O–H groups in total. The number of aromatic nitrogens is 4. The van der Waals surface area contributed by atoms with E-state index in [-0.39, 0.29) is 0 Å². The average molecular weight is 324 g/mol. The van der Waals surface area contributed by atoms with Gasteiger partial charge in [-0.25, -0.2) is 9.48 Å². The number of carbonyl (C=O) groups excluding carboxylic acids is 1. The summed E-state index contributed by atoms with van der Waals surface area (Å²) in [6.07, 6.45) is 1.49. The number of rotatable bonds is 5. The zero-order chi connectivity index (χ0) is 16.9. The minimum Gasteiger partial charge on any atom is -0.494 e. The van der Waals surface area contributed by atoms with Crippen LogP contribution in [-0.4, -0.2) is 32.8 Å². The van der Waals surface area contributed by atoms with Gasteiger partial charge >= 0.3 is 5.97 Å². The second-order valence-corrected chi connectivity index (χ2v) is 5.05. The van der Waals surface area contributed by atoms with Gasteiger partial charge in [-0.3, -0.25) is 0 Å². The molecule has 7 heteroatoms. The quantitative estimate of drug-likeness (QED) is 0.530. The van der Waals surface area contributed by atoms with Crippen LogP contribution in [-0.2, 0) is 0 Å². The largest absolute Gasteiger partial charge is 0.494 e. The fraction of sp³-hybridized carbons (Fsp3) is 0.176. The Morgan fingerprint density at radius 1 is 1.17 bits per heavy atom. The monoisotopic (exact) mass is 324 g/mol. The number of aryl methyl sites for hydroxylation is 1. The summed E-state index contributed by atoms with van der Waals surface area (Å²) in [4.78, 5) is 12.2. The molecule has 0 radical (unpaired) electrons. The molecule has 7 nitrogen and oxygen atoms in total. The lowest BCUT2D eigenvalue weighted by Gasteiger charge is -2.09. The number of tetrazole rings is 1. The van der Waals surface area contributed by atoms with Crippen molar-refractivity contribution in [3.63, 3.8) is 0 Å². The van der Waals surface area contributed by atoms with Crippen molar-refractivity contribution in [3.8, 4) is 17.2 Å². The van der Waals surface area contributed by atoms with Crippen molar-refractivity contribution in [3.05, 3.63) is 59.9 Å². The van der Waals surface area contributed by atoms with Crippen molar-refractivity contribution in [1.82, 2.24) is 20.2 Å². The van der Waals surface area contributed by atoms with Gasteiger partial charge in [0.25, 0.3) is 0 Å². The van der Waals surface area contributed by atoms with E-state index in [1.54, 1.807) is 42.5 Å². The summed E-state index contributed by atoms with van der Waals surface area (Å²) in [6, 6.07) is 12.1. The highest BCUT2D eigenvalue weighted by atomic mass is 16.5. The van der Waals surface area contributed by atoms with E-state index in [1.165, 1.54) is 11.0 Å². The Morgan fingerprint density at radius 2 is 1.96 bits per heavy atom. The van der Waals surface area contributed by atoms with Crippen LogP contribution in [0.1, 0.15) is 22.8 Å². The lowest BCUT2D eigenvalue weighted by atomic mass is 10.1. The molecule has 122 valence electrons. The maximum absolute atomic E-state index is 12.2. The van der Waals surface area contributed by atoms with E-state index in [0.29, 0.717) is 17.9 Å². The molecular weight excluding hydrogens is 308 g/mol. The molecule has 0 aliphatic carbocycles. The molecule has 3 aromatic rings. The Labute approximate surface area is 138 Å².